The Morgan fingerprint density at radius 1 is 0.970 bits per heavy atom. The van der Waals surface area contributed by atoms with E-state index in [1.54, 1.807) is 6.26 Å². The first-order valence-corrected chi connectivity index (χ1v) is 11.0. The fraction of sp³-hybridized carbons (Fsp3) is 0.154. The van der Waals surface area contributed by atoms with Crippen molar-refractivity contribution in [3.63, 3.8) is 0 Å². The van der Waals surface area contributed by atoms with E-state index in [1.807, 2.05) is 65.7 Å². The van der Waals surface area contributed by atoms with Crippen LogP contribution in [0, 0.1) is 0 Å². The van der Waals surface area contributed by atoms with Crippen molar-refractivity contribution in [2.45, 2.75) is 19.5 Å². The third-order valence-electron chi connectivity index (χ3n) is 5.91. The van der Waals surface area contributed by atoms with Crippen LogP contribution in [0.15, 0.2) is 90.1 Å². The van der Waals surface area contributed by atoms with Crippen molar-refractivity contribution in [1.29, 1.82) is 0 Å². The van der Waals surface area contributed by atoms with Gasteiger partial charge in [0.05, 0.1) is 23.3 Å². The molecular formula is C26H22N6O. The van der Waals surface area contributed by atoms with Crippen LogP contribution in [-0.2, 0) is 19.5 Å². The summed E-state index contributed by atoms with van der Waals surface area (Å²) in [5.74, 6) is 1.35. The molecule has 6 rings (SSSR count). The van der Waals surface area contributed by atoms with Gasteiger partial charge in [-0.15, -0.1) is 0 Å². The number of rotatable bonds is 5. The number of benzene rings is 1. The van der Waals surface area contributed by atoms with Crippen molar-refractivity contribution in [2.24, 2.45) is 0 Å². The van der Waals surface area contributed by atoms with Crippen molar-refractivity contribution in [3.8, 4) is 28.5 Å². The van der Waals surface area contributed by atoms with E-state index in [9.17, 15) is 0 Å². The van der Waals surface area contributed by atoms with Gasteiger partial charge < -0.3 is 4.42 Å². The minimum atomic E-state index is 0.649. The first-order chi connectivity index (χ1) is 16.3. The van der Waals surface area contributed by atoms with Crippen LogP contribution in [0.2, 0.25) is 0 Å². The summed E-state index contributed by atoms with van der Waals surface area (Å²) in [6, 6.07) is 18.0. The van der Waals surface area contributed by atoms with Crippen LogP contribution < -0.4 is 0 Å². The monoisotopic (exact) mass is 434 g/mol. The van der Waals surface area contributed by atoms with Gasteiger partial charge in [-0.05, 0) is 36.4 Å². The largest absolute Gasteiger partial charge is 0.461 e. The maximum Gasteiger partial charge on any atom is 0.195 e. The molecule has 0 atom stereocenters. The van der Waals surface area contributed by atoms with Crippen LogP contribution >= 0.6 is 0 Å². The second-order valence-corrected chi connectivity index (χ2v) is 8.12. The molecule has 7 nitrogen and oxygen atoms in total. The fourth-order valence-corrected chi connectivity index (χ4v) is 4.27. The van der Waals surface area contributed by atoms with Crippen molar-refractivity contribution in [2.75, 3.05) is 6.54 Å². The Morgan fingerprint density at radius 2 is 1.85 bits per heavy atom. The number of pyridine rings is 1. The molecule has 0 N–H and O–H groups in total. The number of hydrogen-bond acceptors (Lipinski definition) is 6. The van der Waals surface area contributed by atoms with Crippen LogP contribution in [0.1, 0.15) is 16.8 Å². The number of fused-ring (bicyclic) bond motifs is 1. The minimum Gasteiger partial charge on any atom is -0.461 e. The number of para-hydroxylation sites is 1. The lowest BCUT2D eigenvalue weighted by molar-refractivity contribution is 0.243. The summed E-state index contributed by atoms with van der Waals surface area (Å²) in [5, 5.41) is 4.93. The van der Waals surface area contributed by atoms with Gasteiger partial charge in [-0.3, -0.25) is 9.88 Å². The van der Waals surface area contributed by atoms with E-state index in [1.165, 1.54) is 5.56 Å². The van der Waals surface area contributed by atoms with E-state index < -0.39 is 0 Å². The zero-order chi connectivity index (χ0) is 22.0. The summed E-state index contributed by atoms with van der Waals surface area (Å²) >= 11 is 0. The predicted octanol–water partition coefficient (Wildman–Crippen LogP) is 4.54. The first-order valence-electron chi connectivity index (χ1n) is 11.0. The molecule has 5 aromatic rings. The van der Waals surface area contributed by atoms with E-state index in [4.69, 9.17) is 14.5 Å². The standard InChI is InChI=1S/C26H22N6O/c1-2-5-22(6-3-1)32-18-21(25(30-32)19-8-11-27-12-9-19)17-31-13-10-23-20(16-31)15-28-26(29-23)24-7-4-14-33-24/h1-9,11-12,14-15,18H,10,13,16-17H2. The summed E-state index contributed by atoms with van der Waals surface area (Å²) in [7, 11) is 0. The fourth-order valence-electron chi connectivity index (χ4n) is 4.27. The van der Waals surface area contributed by atoms with E-state index >= 15 is 0 Å². The Hall–Kier alpha value is -4.10. The molecule has 0 spiro atoms. The molecule has 0 unspecified atom stereocenters. The van der Waals surface area contributed by atoms with Crippen molar-refractivity contribution in [1.82, 2.24) is 29.6 Å². The van der Waals surface area contributed by atoms with Crippen LogP contribution in [-0.4, -0.2) is 36.2 Å². The summed E-state index contributed by atoms with van der Waals surface area (Å²) in [6.07, 6.45) is 10.2. The summed E-state index contributed by atoms with van der Waals surface area (Å²) in [4.78, 5) is 15.9. The molecule has 1 aliphatic rings. The average Bonchev–Trinajstić information content (AvgIpc) is 3.56. The van der Waals surface area contributed by atoms with Crippen LogP contribution in [0.4, 0.5) is 0 Å². The normalized spacial score (nSPS) is 13.7. The molecule has 0 bridgehead atoms. The molecule has 0 fully saturated rings. The van der Waals surface area contributed by atoms with Gasteiger partial charge in [0.1, 0.15) is 0 Å². The van der Waals surface area contributed by atoms with Crippen molar-refractivity contribution >= 4 is 0 Å². The van der Waals surface area contributed by atoms with Gasteiger partial charge >= 0.3 is 0 Å². The second kappa shape index (κ2) is 8.44. The molecule has 1 aliphatic heterocycles. The van der Waals surface area contributed by atoms with Crippen molar-refractivity contribution < 1.29 is 4.42 Å². The van der Waals surface area contributed by atoms with Crippen molar-refractivity contribution in [3.05, 3.63) is 102 Å². The Balaban J connectivity index is 1.28. The SMILES string of the molecule is c1ccc(-n2cc(CN3CCc4nc(-c5ccco5)ncc4C3)c(-c3ccncc3)n2)cc1. The molecule has 0 amide bonds. The van der Waals surface area contributed by atoms with Gasteiger partial charge in [-0.2, -0.15) is 5.10 Å². The smallest absolute Gasteiger partial charge is 0.195 e. The molecular weight excluding hydrogens is 412 g/mol. The van der Waals surface area contributed by atoms with E-state index in [2.05, 4.69) is 33.2 Å². The van der Waals surface area contributed by atoms with Gasteiger partial charge in [-0.25, -0.2) is 14.6 Å². The highest BCUT2D eigenvalue weighted by Crippen LogP contribution is 2.27. The average molecular weight is 435 g/mol. The molecule has 0 radical (unpaired) electrons. The Labute approximate surface area is 191 Å². The Morgan fingerprint density at radius 3 is 2.67 bits per heavy atom. The zero-order valence-corrected chi connectivity index (χ0v) is 18.0. The van der Waals surface area contributed by atoms with E-state index in [0.29, 0.717) is 11.6 Å². The highest BCUT2D eigenvalue weighted by atomic mass is 16.3. The minimum absolute atomic E-state index is 0.649. The number of aromatic nitrogens is 5. The highest BCUT2D eigenvalue weighted by molar-refractivity contribution is 5.62. The molecule has 33 heavy (non-hydrogen) atoms. The molecule has 4 aromatic heterocycles. The summed E-state index contributed by atoms with van der Waals surface area (Å²) < 4.78 is 7.42. The van der Waals surface area contributed by atoms with Crippen LogP contribution in [0.25, 0.3) is 28.5 Å². The van der Waals surface area contributed by atoms with E-state index in [-0.39, 0.29) is 0 Å². The number of hydrogen-bond donors (Lipinski definition) is 0. The number of furan rings is 1. The van der Waals surface area contributed by atoms with Gasteiger partial charge in [0.25, 0.3) is 0 Å². The topological polar surface area (TPSA) is 72.9 Å². The Bertz CT molecular complexity index is 1360. The molecule has 0 saturated carbocycles. The third-order valence-corrected chi connectivity index (χ3v) is 5.91. The lowest BCUT2D eigenvalue weighted by Crippen LogP contribution is -2.31. The number of nitrogens with zero attached hydrogens (tertiary/aromatic N) is 6. The van der Waals surface area contributed by atoms with Crippen LogP contribution in [0.3, 0.4) is 0 Å². The predicted molar refractivity (Wildman–Crippen MR) is 124 cm³/mol. The quantitative estimate of drug-likeness (QED) is 0.404. The lowest BCUT2D eigenvalue weighted by Gasteiger charge is -2.27. The lowest BCUT2D eigenvalue weighted by atomic mass is 10.0. The van der Waals surface area contributed by atoms with E-state index in [0.717, 1.165) is 54.3 Å². The molecule has 1 aromatic carbocycles. The third kappa shape index (κ3) is 3.94. The zero-order valence-electron chi connectivity index (χ0n) is 18.0. The van der Waals surface area contributed by atoms with Crippen LogP contribution in [0.5, 0.6) is 0 Å². The van der Waals surface area contributed by atoms with Gasteiger partial charge in [0, 0.05) is 67.5 Å². The summed E-state index contributed by atoms with van der Waals surface area (Å²) in [5.41, 5.74) is 6.54. The molecule has 0 aliphatic carbocycles. The maximum atomic E-state index is 5.46. The second-order valence-electron chi connectivity index (χ2n) is 8.12. The molecule has 7 heteroatoms. The highest BCUT2D eigenvalue weighted by Gasteiger charge is 2.22. The van der Waals surface area contributed by atoms with Gasteiger partial charge in [0.15, 0.2) is 11.6 Å². The molecule has 5 heterocycles. The van der Waals surface area contributed by atoms with Gasteiger partial charge in [0.2, 0.25) is 0 Å². The molecule has 0 saturated heterocycles. The summed E-state index contributed by atoms with van der Waals surface area (Å²) in [6.45, 7) is 2.53. The first kappa shape index (κ1) is 19.6. The maximum absolute atomic E-state index is 5.46. The Kier molecular flexibility index (Phi) is 5.01. The molecule has 162 valence electrons. The van der Waals surface area contributed by atoms with Gasteiger partial charge in [-0.1, -0.05) is 18.2 Å².